The molecule has 1 atom stereocenters. The maximum Gasteiger partial charge on any atom is 0.339 e. The number of carbonyl (C=O) groups is 1. The molecule has 0 fully saturated rings. The summed E-state index contributed by atoms with van der Waals surface area (Å²) in [6, 6.07) is 19.5. The van der Waals surface area contributed by atoms with E-state index in [1.165, 1.54) is 0 Å². The van der Waals surface area contributed by atoms with Gasteiger partial charge in [0.2, 0.25) is 0 Å². The average Bonchev–Trinajstić information content (AvgIpc) is 3.03. The molecule has 0 saturated heterocycles. The van der Waals surface area contributed by atoms with Gasteiger partial charge in [0.25, 0.3) is 0 Å². The Morgan fingerprint density at radius 2 is 1.70 bits per heavy atom. The summed E-state index contributed by atoms with van der Waals surface area (Å²) < 4.78 is 1.76. The third-order valence-corrected chi connectivity index (χ3v) is 3.90. The molecule has 2 aromatic carbocycles. The van der Waals surface area contributed by atoms with Crippen molar-refractivity contribution in [3.63, 3.8) is 0 Å². The second-order valence-electron chi connectivity index (χ2n) is 5.38. The molecule has 0 saturated carbocycles. The van der Waals surface area contributed by atoms with E-state index in [4.69, 9.17) is 0 Å². The predicted molar refractivity (Wildman–Crippen MR) is 89.5 cm³/mol. The molecule has 0 amide bonds. The summed E-state index contributed by atoms with van der Waals surface area (Å²) in [6.45, 7) is 2.07. The Morgan fingerprint density at radius 3 is 2.26 bits per heavy atom. The van der Waals surface area contributed by atoms with Crippen LogP contribution >= 0.6 is 0 Å². The minimum atomic E-state index is -0.960. The first-order valence-electron chi connectivity index (χ1n) is 7.63. The minimum absolute atomic E-state index is 0.0202. The highest BCUT2D eigenvalue weighted by molar-refractivity contribution is 5.94. The molecule has 0 spiro atoms. The van der Waals surface area contributed by atoms with Crippen molar-refractivity contribution >= 4 is 5.97 Å². The van der Waals surface area contributed by atoms with Gasteiger partial charge in [-0.15, -0.1) is 0 Å². The summed E-state index contributed by atoms with van der Waals surface area (Å²) >= 11 is 0. The molecule has 1 heterocycles. The predicted octanol–water partition coefficient (Wildman–Crippen LogP) is 4.25. The lowest BCUT2D eigenvalue weighted by Gasteiger charge is -2.15. The Balaban J connectivity index is 2.09. The van der Waals surface area contributed by atoms with Gasteiger partial charge in [-0.05, 0) is 12.0 Å². The van der Waals surface area contributed by atoms with Gasteiger partial charge in [0.05, 0.1) is 6.04 Å². The van der Waals surface area contributed by atoms with Crippen LogP contribution in [0.4, 0.5) is 0 Å². The molecule has 4 nitrogen and oxygen atoms in total. The summed E-state index contributed by atoms with van der Waals surface area (Å²) in [7, 11) is 0. The number of hydrogen-bond acceptors (Lipinski definition) is 2. The zero-order valence-electron chi connectivity index (χ0n) is 12.9. The number of hydrogen-bond donors (Lipinski definition) is 1. The van der Waals surface area contributed by atoms with E-state index in [0.717, 1.165) is 17.5 Å². The van der Waals surface area contributed by atoms with Crippen LogP contribution in [0.5, 0.6) is 0 Å². The van der Waals surface area contributed by atoms with Crippen LogP contribution < -0.4 is 0 Å². The van der Waals surface area contributed by atoms with Crippen LogP contribution in [0.1, 0.15) is 35.3 Å². The van der Waals surface area contributed by atoms with Crippen molar-refractivity contribution in [2.45, 2.75) is 19.4 Å². The van der Waals surface area contributed by atoms with Crippen molar-refractivity contribution in [2.24, 2.45) is 0 Å². The minimum Gasteiger partial charge on any atom is -0.478 e. The molecule has 23 heavy (non-hydrogen) atoms. The first kappa shape index (κ1) is 15.0. The Bertz CT molecular complexity index is 795. The highest BCUT2D eigenvalue weighted by atomic mass is 16.4. The van der Waals surface area contributed by atoms with Crippen LogP contribution in [0.25, 0.3) is 11.3 Å². The fraction of sp³-hybridized carbons (Fsp3) is 0.158. The van der Waals surface area contributed by atoms with Crippen molar-refractivity contribution in [1.82, 2.24) is 9.78 Å². The highest BCUT2D eigenvalue weighted by Crippen LogP contribution is 2.27. The fourth-order valence-electron chi connectivity index (χ4n) is 2.77. The normalized spacial score (nSPS) is 12.0. The fourth-order valence-corrected chi connectivity index (χ4v) is 2.77. The second kappa shape index (κ2) is 6.48. The molecule has 0 bridgehead atoms. The number of carboxylic acid groups (broad SMARTS) is 1. The van der Waals surface area contributed by atoms with Crippen LogP contribution in [0, 0.1) is 0 Å². The zero-order chi connectivity index (χ0) is 16.2. The topological polar surface area (TPSA) is 55.1 Å². The molecule has 0 radical (unpaired) electrons. The summed E-state index contributed by atoms with van der Waals surface area (Å²) in [5, 5.41) is 14.1. The van der Waals surface area contributed by atoms with E-state index in [9.17, 15) is 9.90 Å². The van der Waals surface area contributed by atoms with Gasteiger partial charge in [0, 0.05) is 11.8 Å². The van der Waals surface area contributed by atoms with Crippen molar-refractivity contribution in [1.29, 1.82) is 0 Å². The molecular weight excluding hydrogens is 288 g/mol. The Labute approximate surface area is 135 Å². The maximum atomic E-state index is 11.6. The third kappa shape index (κ3) is 3.01. The van der Waals surface area contributed by atoms with E-state index < -0.39 is 5.97 Å². The Kier molecular flexibility index (Phi) is 4.24. The number of aromatic nitrogens is 2. The molecule has 1 aromatic heterocycles. The van der Waals surface area contributed by atoms with Crippen LogP contribution in [-0.2, 0) is 0 Å². The summed E-state index contributed by atoms with van der Waals surface area (Å²) in [6.07, 6.45) is 2.46. The average molecular weight is 306 g/mol. The Morgan fingerprint density at radius 1 is 1.09 bits per heavy atom. The molecule has 0 aliphatic heterocycles. The number of nitrogens with zero attached hydrogens (tertiary/aromatic N) is 2. The number of rotatable bonds is 5. The zero-order valence-corrected chi connectivity index (χ0v) is 12.9. The summed E-state index contributed by atoms with van der Waals surface area (Å²) in [5.74, 6) is -0.960. The lowest BCUT2D eigenvalue weighted by atomic mass is 10.1. The molecule has 0 aliphatic carbocycles. The third-order valence-electron chi connectivity index (χ3n) is 3.90. The van der Waals surface area contributed by atoms with Gasteiger partial charge in [-0.25, -0.2) is 4.79 Å². The monoisotopic (exact) mass is 306 g/mol. The molecule has 0 aliphatic rings. The van der Waals surface area contributed by atoms with Gasteiger partial charge in [0.15, 0.2) is 0 Å². The van der Waals surface area contributed by atoms with Gasteiger partial charge < -0.3 is 5.11 Å². The van der Waals surface area contributed by atoms with E-state index in [2.05, 4.69) is 12.0 Å². The van der Waals surface area contributed by atoms with Crippen LogP contribution in [0.2, 0.25) is 0 Å². The first-order chi connectivity index (χ1) is 11.2. The van der Waals surface area contributed by atoms with E-state index in [-0.39, 0.29) is 11.6 Å². The molecule has 1 unspecified atom stereocenters. The largest absolute Gasteiger partial charge is 0.478 e. The second-order valence-corrected chi connectivity index (χ2v) is 5.38. The molecule has 1 N–H and O–H groups in total. The molecule has 4 heteroatoms. The lowest BCUT2D eigenvalue weighted by molar-refractivity contribution is 0.0697. The van der Waals surface area contributed by atoms with Crippen LogP contribution in [-0.4, -0.2) is 20.9 Å². The van der Waals surface area contributed by atoms with E-state index >= 15 is 0 Å². The van der Waals surface area contributed by atoms with Crippen molar-refractivity contribution in [3.05, 3.63) is 78.0 Å². The van der Waals surface area contributed by atoms with Crippen molar-refractivity contribution < 1.29 is 9.90 Å². The van der Waals surface area contributed by atoms with Gasteiger partial charge >= 0.3 is 5.97 Å². The first-order valence-corrected chi connectivity index (χ1v) is 7.63. The van der Waals surface area contributed by atoms with Gasteiger partial charge in [-0.1, -0.05) is 67.6 Å². The SMILES string of the molecule is CCC(c1ccccc1)n1cc(C(=O)O)c(-c2ccccc2)n1. The molecule has 116 valence electrons. The highest BCUT2D eigenvalue weighted by Gasteiger charge is 2.21. The van der Waals surface area contributed by atoms with Crippen molar-refractivity contribution in [2.75, 3.05) is 0 Å². The smallest absolute Gasteiger partial charge is 0.339 e. The number of carboxylic acids is 1. The maximum absolute atomic E-state index is 11.6. The Hall–Kier alpha value is -2.88. The van der Waals surface area contributed by atoms with Gasteiger partial charge in [-0.2, -0.15) is 5.10 Å². The van der Waals surface area contributed by atoms with E-state index in [0.29, 0.717) is 5.69 Å². The lowest BCUT2D eigenvalue weighted by Crippen LogP contribution is -2.10. The van der Waals surface area contributed by atoms with Crippen LogP contribution in [0.3, 0.4) is 0 Å². The van der Waals surface area contributed by atoms with Crippen LogP contribution in [0.15, 0.2) is 66.9 Å². The summed E-state index contributed by atoms with van der Waals surface area (Å²) in [4.78, 5) is 11.6. The van der Waals surface area contributed by atoms with Crippen molar-refractivity contribution in [3.8, 4) is 11.3 Å². The van der Waals surface area contributed by atoms with Gasteiger partial charge in [0.1, 0.15) is 11.3 Å². The van der Waals surface area contributed by atoms with E-state index in [1.807, 2.05) is 60.7 Å². The van der Waals surface area contributed by atoms with E-state index in [1.54, 1.807) is 10.9 Å². The number of aromatic carboxylic acids is 1. The molecular formula is C19H18N2O2. The molecule has 3 aromatic rings. The summed E-state index contributed by atoms with van der Waals surface area (Å²) in [5.41, 5.74) is 2.67. The molecule has 3 rings (SSSR count). The van der Waals surface area contributed by atoms with Gasteiger partial charge in [-0.3, -0.25) is 4.68 Å². The quantitative estimate of drug-likeness (QED) is 0.766. The standard InChI is InChI=1S/C19H18N2O2/c1-2-17(14-9-5-3-6-10-14)21-13-16(19(22)23)18(20-21)15-11-7-4-8-12-15/h3-13,17H,2H2,1H3,(H,22,23). The number of benzene rings is 2.